The number of rotatable bonds is 9. The molecule has 180 valence electrons. The summed E-state index contributed by atoms with van der Waals surface area (Å²) in [5.74, 6) is -0.534. The van der Waals surface area contributed by atoms with Crippen molar-refractivity contribution >= 4 is 34.4 Å². The summed E-state index contributed by atoms with van der Waals surface area (Å²) in [6.07, 6.45) is -2.57. The molecule has 0 spiro atoms. The minimum Gasteiger partial charge on any atom is -0.387 e. The van der Waals surface area contributed by atoms with E-state index in [1.54, 1.807) is 0 Å². The Labute approximate surface area is 190 Å². The van der Waals surface area contributed by atoms with Gasteiger partial charge in [0.15, 0.2) is 17.4 Å². The quantitative estimate of drug-likeness (QED) is 0.0921. The van der Waals surface area contributed by atoms with Crippen LogP contribution < -0.4 is 38.1 Å². The van der Waals surface area contributed by atoms with Crippen LogP contribution in [0.15, 0.2) is 33.4 Å². The van der Waals surface area contributed by atoms with Gasteiger partial charge < -0.3 is 36.6 Å². The molecule has 0 radical (unpaired) electrons. The van der Waals surface area contributed by atoms with Crippen molar-refractivity contribution in [2.24, 2.45) is 0 Å². The Morgan fingerprint density at radius 3 is 2.62 bits per heavy atom. The summed E-state index contributed by atoms with van der Waals surface area (Å²) >= 11 is 0. The molecule has 1 aliphatic heterocycles. The number of nitrogen functional groups attached to an aromatic ring is 1. The third-order valence-corrected chi connectivity index (χ3v) is 5.36. The van der Waals surface area contributed by atoms with E-state index >= 15 is 0 Å². The summed E-state index contributed by atoms with van der Waals surface area (Å²) in [4.78, 5) is 57.2. The van der Waals surface area contributed by atoms with E-state index in [0.717, 1.165) is 6.08 Å². The maximum atomic E-state index is 12.0. The van der Waals surface area contributed by atoms with Crippen molar-refractivity contribution in [1.82, 2.24) is 24.8 Å². The van der Waals surface area contributed by atoms with Crippen LogP contribution in [0.25, 0.3) is 11.2 Å². The van der Waals surface area contributed by atoms with Gasteiger partial charge in [0.1, 0.15) is 29.7 Å². The molecule has 1 fully saturated rings. The molecule has 3 aromatic rings. The van der Waals surface area contributed by atoms with E-state index < -0.39 is 41.0 Å². The first kappa shape index (κ1) is 23.1. The van der Waals surface area contributed by atoms with Gasteiger partial charge in [-0.25, -0.2) is 4.98 Å². The predicted octanol–water partition coefficient (Wildman–Crippen LogP) is -3.26. The van der Waals surface area contributed by atoms with Crippen molar-refractivity contribution < 1.29 is 19.7 Å². The molecule has 2 aromatic heterocycles. The van der Waals surface area contributed by atoms with Crippen LogP contribution in [0.1, 0.15) is 6.23 Å². The van der Waals surface area contributed by atoms with Gasteiger partial charge in [-0.15, -0.1) is 0 Å². The van der Waals surface area contributed by atoms with Gasteiger partial charge in [0.05, 0.1) is 6.33 Å². The number of nitrogens with one attached hydrogen (secondary N) is 4. The number of carbonyl (C=O) groups excluding carboxylic acids is 1. The molecule has 15 nitrogen and oxygen atoms in total. The molecule has 0 aliphatic carbocycles. The highest BCUT2D eigenvalue weighted by molar-refractivity contribution is 5.86. The molecule has 1 amide bonds. The van der Waals surface area contributed by atoms with Gasteiger partial charge in [0.2, 0.25) is 11.9 Å². The van der Waals surface area contributed by atoms with Crippen LogP contribution in [-0.2, 0) is 9.53 Å². The van der Waals surface area contributed by atoms with E-state index in [2.05, 4.69) is 37.5 Å². The number of anilines is 3. The summed E-state index contributed by atoms with van der Waals surface area (Å²) < 4.78 is 7.02. The molecule has 3 heterocycles. The lowest BCUT2D eigenvalue weighted by Crippen LogP contribution is -2.41. The molecule has 0 bridgehead atoms. The zero-order valence-electron chi connectivity index (χ0n) is 17.6. The number of aliphatic hydroxyl groups is 2. The fourth-order valence-electron chi connectivity index (χ4n) is 3.63. The van der Waals surface area contributed by atoms with E-state index in [0.29, 0.717) is 0 Å². The molecule has 15 heteroatoms. The van der Waals surface area contributed by atoms with E-state index in [1.807, 2.05) is 0 Å². The number of aromatic nitrogens is 4. The van der Waals surface area contributed by atoms with Gasteiger partial charge in [-0.3, -0.25) is 28.7 Å². The number of hydrogen-bond acceptors (Lipinski definition) is 12. The smallest absolute Gasteiger partial charge is 0.280 e. The SMILES string of the molecule is C=CC(=O)NCCNc1c(NC[C@H]2O[C@@H](n3cnc4c(=O)[nH]c(N)nc43)[C@H](O)[C@@H]2O)c(=O)c1=O. The van der Waals surface area contributed by atoms with Crippen molar-refractivity contribution in [3.8, 4) is 0 Å². The Kier molecular flexibility index (Phi) is 6.14. The first-order chi connectivity index (χ1) is 16.2. The second-order valence-corrected chi connectivity index (χ2v) is 7.53. The average Bonchev–Trinajstić information content (AvgIpc) is 3.35. The summed E-state index contributed by atoms with van der Waals surface area (Å²) in [6.45, 7) is 3.58. The molecule has 1 aromatic carbocycles. The van der Waals surface area contributed by atoms with E-state index in [1.165, 1.54) is 10.9 Å². The third kappa shape index (κ3) is 4.02. The van der Waals surface area contributed by atoms with E-state index in [-0.39, 0.29) is 54.0 Å². The Morgan fingerprint density at radius 2 is 1.91 bits per heavy atom. The van der Waals surface area contributed by atoms with E-state index in [9.17, 15) is 29.4 Å². The van der Waals surface area contributed by atoms with Gasteiger partial charge in [-0.2, -0.15) is 4.98 Å². The number of aliphatic hydroxyl groups excluding tert-OH is 2. The minimum atomic E-state index is -1.41. The molecular formula is C19H22N8O7. The summed E-state index contributed by atoms with van der Waals surface area (Å²) in [6, 6.07) is 0. The highest BCUT2D eigenvalue weighted by atomic mass is 16.6. The number of aromatic amines is 1. The number of nitrogens with two attached hydrogens (primary N) is 1. The first-order valence-electron chi connectivity index (χ1n) is 10.2. The lowest BCUT2D eigenvalue weighted by molar-refractivity contribution is -0.116. The number of imidazole rings is 1. The maximum absolute atomic E-state index is 12.0. The molecule has 4 atom stereocenters. The fraction of sp³-hybridized carbons (Fsp3) is 0.368. The second-order valence-electron chi connectivity index (χ2n) is 7.53. The second kappa shape index (κ2) is 9.05. The number of nitrogens with zero attached hydrogens (tertiary/aromatic N) is 3. The van der Waals surface area contributed by atoms with Crippen molar-refractivity contribution in [1.29, 1.82) is 0 Å². The predicted molar refractivity (Wildman–Crippen MR) is 120 cm³/mol. The monoisotopic (exact) mass is 474 g/mol. The Hall–Kier alpha value is -4.08. The summed E-state index contributed by atoms with van der Waals surface area (Å²) in [5, 5.41) is 29.0. The molecule has 8 N–H and O–H groups in total. The molecule has 0 unspecified atom stereocenters. The third-order valence-electron chi connectivity index (χ3n) is 5.36. The van der Waals surface area contributed by atoms with Gasteiger partial charge in [-0.1, -0.05) is 6.58 Å². The highest BCUT2D eigenvalue weighted by Crippen LogP contribution is 2.31. The Bertz CT molecular complexity index is 1370. The molecule has 34 heavy (non-hydrogen) atoms. The number of amides is 1. The van der Waals surface area contributed by atoms with E-state index in [4.69, 9.17) is 10.5 Å². The van der Waals surface area contributed by atoms with Crippen molar-refractivity contribution in [3.05, 3.63) is 49.8 Å². The number of hydrogen-bond donors (Lipinski definition) is 7. The van der Waals surface area contributed by atoms with Crippen LogP contribution in [0.2, 0.25) is 0 Å². The Morgan fingerprint density at radius 1 is 1.21 bits per heavy atom. The lowest BCUT2D eigenvalue weighted by Gasteiger charge is -2.19. The zero-order chi connectivity index (χ0) is 24.6. The maximum Gasteiger partial charge on any atom is 0.280 e. The number of fused-ring (bicyclic) bond motifs is 1. The minimum absolute atomic E-state index is 0.00263. The number of carbonyl (C=O) groups is 1. The van der Waals surface area contributed by atoms with Gasteiger partial charge in [-0.05, 0) is 6.08 Å². The lowest BCUT2D eigenvalue weighted by atomic mass is 10.1. The Balaban J connectivity index is 1.43. The first-order valence-corrected chi connectivity index (χ1v) is 10.2. The molecule has 4 rings (SSSR count). The zero-order valence-corrected chi connectivity index (χ0v) is 17.6. The van der Waals surface area contributed by atoms with Crippen LogP contribution in [0, 0.1) is 0 Å². The number of H-pyrrole nitrogens is 1. The normalized spacial score (nSPS) is 22.2. The largest absolute Gasteiger partial charge is 0.387 e. The van der Waals surface area contributed by atoms with Crippen molar-refractivity contribution in [2.45, 2.75) is 24.5 Å². The molecule has 1 saturated heterocycles. The van der Waals surface area contributed by atoms with Gasteiger partial charge >= 0.3 is 0 Å². The summed E-state index contributed by atoms with van der Waals surface area (Å²) in [7, 11) is 0. The van der Waals surface area contributed by atoms with Crippen LogP contribution >= 0.6 is 0 Å². The van der Waals surface area contributed by atoms with Crippen molar-refractivity contribution in [3.63, 3.8) is 0 Å². The van der Waals surface area contributed by atoms with Crippen LogP contribution in [0.4, 0.5) is 17.3 Å². The molecular weight excluding hydrogens is 452 g/mol. The molecule has 0 saturated carbocycles. The molecule has 1 aliphatic rings. The highest BCUT2D eigenvalue weighted by Gasteiger charge is 2.44. The number of ether oxygens (including phenoxy) is 1. The topological polar surface area (TPSA) is 227 Å². The van der Waals surface area contributed by atoms with Crippen molar-refractivity contribution in [2.75, 3.05) is 36.0 Å². The summed E-state index contributed by atoms with van der Waals surface area (Å²) in [5.41, 5.74) is 3.62. The van der Waals surface area contributed by atoms with Crippen LogP contribution in [-0.4, -0.2) is 73.6 Å². The standard InChI is InChI=1S/C19H22N8O7/c1-2-8(28)21-3-4-22-9-10(14(31)13(9)30)23-5-7-12(29)15(32)18(34-7)27-6-24-11-16(27)25-19(20)26-17(11)33/h2,6-7,12,15,18,22-23,29,32H,1,3-5H2,(H,21,28)(H3,20,25,26,33)/t7-,12-,15-,18-/m1/s1. The van der Waals surface area contributed by atoms with Crippen LogP contribution in [0.3, 0.4) is 0 Å². The average molecular weight is 474 g/mol. The van der Waals surface area contributed by atoms with Gasteiger partial charge in [0.25, 0.3) is 16.4 Å². The van der Waals surface area contributed by atoms with Gasteiger partial charge in [0, 0.05) is 19.6 Å². The fourth-order valence-corrected chi connectivity index (χ4v) is 3.63. The van der Waals surface area contributed by atoms with Crippen LogP contribution in [0.5, 0.6) is 0 Å².